The molecule has 0 radical (unpaired) electrons. The molecule has 0 bridgehead atoms. The zero-order valence-electron chi connectivity index (χ0n) is 14.7. The zero-order valence-corrected chi connectivity index (χ0v) is 15.5. The van der Waals surface area contributed by atoms with Crippen LogP contribution in [0.4, 0.5) is 9.59 Å². The van der Waals surface area contributed by atoms with Crippen molar-refractivity contribution >= 4 is 30.0 Å². The minimum absolute atomic E-state index is 0.0259. The Hall–Kier alpha value is -1.64. The van der Waals surface area contributed by atoms with E-state index in [1.54, 1.807) is 27.7 Å². The molecule has 1 rings (SSSR count). The number of ether oxygens (including phenoxy) is 4. The minimum Gasteiger partial charge on any atom is -0.457 e. The average molecular weight is 363 g/mol. The summed E-state index contributed by atoms with van der Waals surface area (Å²) in [5.41, 5.74) is -2.74. The largest absolute Gasteiger partial charge is 0.511 e. The van der Waals surface area contributed by atoms with Gasteiger partial charge in [0.1, 0.15) is 18.3 Å². The van der Waals surface area contributed by atoms with Gasteiger partial charge in [0.15, 0.2) is 0 Å². The van der Waals surface area contributed by atoms with Gasteiger partial charge in [0.05, 0.1) is 0 Å². The number of nitrogens with one attached hydrogen (secondary N) is 1. The first-order chi connectivity index (χ1) is 11.1. The Bertz CT molecular complexity index is 477. The summed E-state index contributed by atoms with van der Waals surface area (Å²) < 4.78 is 20.5. The van der Waals surface area contributed by atoms with Crippen molar-refractivity contribution in [3.63, 3.8) is 0 Å². The molecule has 1 heterocycles. The molecule has 138 valence electrons. The maximum absolute atomic E-state index is 12.5. The standard InChI is InChI=1S/C15H25NO7S/c1-6-10-9-20-11(17)15(7-8-24-5,23-13(19)21-10)16-12(18)22-14(2,3)4/h10H,6-9H2,1-5H3,(H,16,18)/t10?,15-/m1/s1. The van der Waals surface area contributed by atoms with Crippen molar-refractivity contribution in [1.82, 2.24) is 5.32 Å². The van der Waals surface area contributed by atoms with Crippen LogP contribution in [0.2, 0.25) is 0 Å². The summed E-state index contributed by atoms with van der Waals surface area (Å²) in [6, 6.07) is 0. The summed E-state index contributed by atoms with van der Waals surface area (Å²) in [6.07, 6.45) is -0.184. The Kier molecular flexibility index (Phi) is 7.19. The maximum Gasteiger partial charge on any atom is 0.511 e. The molecule has 0 aromatic rings. The molecule has 0 spiro atoms. The van der Waals surface area contributed by atoms with Gasteiger partial charge in [-0.1, -0.05) is 6.92 Å². The molecule has 2 atom stereocenters. The highest BCUT2D eigenvalue weighted by Gasteiger charge is 2.48. The van der Waals surface area contributed by atoms with Crippen LogP contribution >= 0.6 is 11.8 Å². The Morgan fingerprint density at radius 2 is 2.08 bits per heavy atom. The molecule has 8 nitrogen and oxygen atoms in total. The van der Waals surface area contributed by atoms with Gasteiger partial charge in [-0.25, -0.2) is 14.4 Å². The lowest BCUT2D eigenvalue weighted by Crippen LogP contribution is -2.60. The van der Waals surface area contributed by atoms with E-state index >= 15 is 0 Å². The quantitative estimate of drug-likeness (QED) is 0.587. The number of rotatable bonds is 5. The fourth-order valence-corrected chi connectivity index (χ4v) is 2.36. The number of hydrogen-bond donors (Lipinski definition) is 1. The second-order valence-electron chi connectivity index (χ2n) is 6.30. The third-order valence-electron chi connectivity index (χ3n) is 3.07. The van der Waals surface area contributed by atoms with Gasteiger partial charge in [-0.3, -0.25) is 5.32 Å². The molecule has 0 aliphatic carbocycles. The van der Waals surface area contributed by atoms with Gasteiger partial charge in [0.2, 0.25) is 0 Å². The molecule has 1 saturated heterocycles. The first-order valence-corrected chi connectivity index (χ1v) is 9.08. The molecule has 1 aliphatic heterocycles. The van der Waals surface area contributed by atoms with Gasteiger partial charge in [-0.05, 0) is 39.2 Å². The molecular weight excluding hydrogens is 338 g/mol. The van der Waals surface area contributed by atoms with E-state index in [4.69, 9.17) is 18.9 Å². The third-order valence-corrected chi connectivity index (χ3v) is 3.68. The first kappa shape index (κ1) is 20.4. The minimum atomic E-state index is -1.97. The van der Waals surface area contributed by atoms with Gasteiger partial charge in [-0.15, -0.1) is 0 Å². The highest BCUT2D eigenvalue weighted by molar-refractivity contribution is 7.98. The third kappa shape index (κ3) is 6.10. The number of carbonyl (C=O) groups is 3. The lowest BCUT2D eigenvalue weighted by Gasteiger charge is -2.34. The molecular formula is C15H25NO7S. The normalized spacial score (nSPS) is 24.8. The average Bonchev–Trinajstić information content (AvgIpc) is 2.45. The number of amides is 1. The van der Waals surface area contributed by atoms with Crippen molar-refractivity contribution in [1.29, 1.82) is 0 Å². The summed E-state index contributed by atoms with van der Waals surface area (Å²) >= 11 is 1.42. The smallest absolute Gasteiger partial charge is 0.457 e. The van der Waals surface area contributed by atoms with Crippen LogP contribution in [0.15, 0.2) is 0 Å². The fraction of sp³-hybridized carbons (Fsp3) is 0.800. The van der Waals surface area contributed by atoms with E-state index in [1.807, 2.05) is 6.26 Å². The number of thioether (sulfide) groups is 1. The number of carbonyl (C=O) groups excluding carboxylic acids is 3. The predicted molar refractivity (Wildman–Crippen MR) is 87.7 cm³/mol. The molecule has 1 fully saturated rings. The number of cyclic esters (lactones) is 3. The second-order valence-corrected chi connectivity index (χ2v) is 7.28. The van der Waals surface area contributed by atoms with Crippen LogP contribution in [-0.2, 0) is 23.7 Å². The van der Waals surface area contributed by atoms with E-state index in [0.29, 0.717) is 12.2 Å². The highest BCUT2D eigenvalue weighted by atomic mass is 32.2. The van der Waals surface area contributed by atoms with Crippen LogP contribution in [0.25, 0.3) is 0 Å². The highest BCUT2D eigenvalue weighted by Crippen LogP contribution is 2.23. The molecule has 1 aliphatic rings. The van der Waals surface area contributed by atoms with Gasteiger partial charge in [0, 0.05) is 6.42 Å². The van der Waals surface area contributed by atoms with Gasteiger partial charge in [-0.2, -0.15) is 11.8 Å². The molecule has 9 heteroatoms. The van der Waals surface area contributed by atoms with Crippen molar-refractivity contribution in [3.8, 4) is 0 Å². The van der Waals surface area contributed by atoms with Crippen molar-refractivity contribution in [3.05, 3.63) is 0 Å². The van der Waals surface area contributed by atoms with Crippen molar-refractivity contribution in [2.24, 2.45) is 0 Å². The SMILES string of the molecule is CCC1COC(=O)[C@](CCSC)(NC(=O)OC(C)(C)C)OC(=O)O1. The monoisotopic (exact) mass is 363 g/mol. The van der Waals surface area contributed by atoms with Crippen LogP contribution in [0.3, 0.4) is 0 Å². The summed E-state index contributed by atoms with van der Waals surface area (Å²) in [5.74, 6) is -0.410. The molecule has 1 amide bonds. The van der Waals surface area contributed by atoms with E-state index in [1.165, 1.54) is 11.8 Å². The van der Waals surface area contributed by atoms with E-state index in [2.05, 4.69) is 5.32 Å². The topological polar surface area (TPSA) is 100 Å². The Balaban J connectivity index is 3.00. The van der Waals surface area contributed by atoms with Crippen LogP contribution < -0.4 is 5.32 Å². The molecule has 1 N–H and O–H groups in total. The zero-order chi connectivity index (χ0) is 18.4. The van der Waals surface area contributed by atoms with E-state index < -0.39 is 35.6 Å². The molecule has 0 aromatic carbocycles. The molecule has 0 saturated carbocycles. The fourth-order valence-electron chi connectivity index (χ4n) is 1.87. The van der Waals surface area contributed by atoms with Crippen molar-refractivity contribution < 1.29 is 33.3 Å². The predicted octanol–water partition coefficient (Wildman–Crippen LogP) is 2.45. The van der Waals surface area contributed by atoms with Gasteiger partial charge in [0.25, 0.3) is 5.72 Å². The van der Waals surface area contributed by atoms with E-state index in [9.17, 15) is 14.4 Å². The molecule has 1 unspecified atom stereocenters. The number of alkyl carbamates (subject to hydrolysis) is 1. The summed E-state index contributed by atoms with van der Waals surface area (Å²) in [5, 5.41) is 2.33. The van der Waals surface area contributed by atoms with Crippen LogP contribution in [-0.4, -0.2) is 54.3 Å². The lowest BCUT2D eigenvalue weighted by molar-refractivity contribution is -0.184. The Labute approximate surface area is 145 Å². The van der Waals surface area contributed by atoms with Crippen LogP contribution in [0.1, 0.15) is 40.5 Å². The van der Waals surface area contributed by atoms with Crippen molar-refractivity contribution in [2.45, 2.75) is 58.0 Å². The van der Waals surface area contributed by atoms with Gasteiger partial charge < -0.3 is 18.9 Å². The lowest BCUT2D eigenvalue weighted by atomic mass is 10.1. The maximum atomic E-state index is 12.5. The number of hydrogen-bond acceptors (Lipinski definition) is 8. The van der Waals surface area contributed by atoms with Crippen LogP contribution in [0.5, 0.6) is 0 Å². The molecule has 24 heavy (non-hydrogen) atoms. The molecule has 0 aromatic heterocycles. The van der Waals surface area contributed by atoms with Gasteiger partial charge >= 0.3 is 18.2 Å². The van der Waals surface area contributed by atoms with Crippen molar-refractivity contribution in [2.75, 3.05) is 18.6 Å². The second kappa shape index (κ2) is 8.46. The first-order valence-electron chi connectivity index (χ1n) is 7.69. The Morgan fingerprint density at radius 3 is 2.62 bits per heavy atom. The number of esters is 1. The van der Waals surface area contributed by atoms with E-state index in [-0.39, 0.29) is 13.0 Å². The van der Waals surface area contributed by atoms with Crippen LogP contribution in [0, 0.1) is 0 Å². The van der Waals surface area contributed by atoms with E-state index in [0.717, 1.165) is 0 Å². The Morgan fingerprint density at radius 1 is 1.42 bits per heavy atom. The summed E-state index contributed by atoms with van der Waals surface area (Å²) in [7, 11) is 0. The summed E-state index contributed by atoms with van der Waals surface area (Å²) in [4.78, 5) is 36.5. The summed E-state index contributed by atoms with van der Waals surface area (Å²) in [6.45, 7) is 6.73.